The first-order chi connectivity index (χ1) is 12.9. The fourth-order valence-corrected chi connectivity index (χ4v) is 3.14. The summed E-state index contributed by atoms with van der Waals surface area (Å²) in [5, 5.41) is 25.6. The number of nitro groups is 1. The lowest BCUT2D eigenvalue weighted by Gasteiger charge is -2.08. The van der Waals surface area contributed by atoms with Crippen LogP contribution in [0.15, 0.2) is 52.1 Å². The highest BCUT2D eigenvalue weighted by molar-refractivity contribution is 9.10. The number of nitrogens with one attached hydrogen (secondary N) is 1. The summed E-state index contributed by atoms with van der Waals surface area (Å²) < 4.78 is 2.46. The van der Waals surface area contributed by atoms with Crippen LogP contribution in [0, 0.1) is 17.0 Å². The molecule has 0 radical (unpaired) electrons. The second-order valence-electron chi connectivity index (χ2n) is 5.44. The fourth-order valence-electron chi connectivity index (χ4n) is 2.19. The number of benzene rings is 2. The number of non-ortho nitro benzene ring substituents is 1. The number of carbonyl (C=O) groups excluding carboxylic acids is 1. The molecular formula is C16H13BrN6O3S. The number of tetrazole rings is 1. The largest absolute Gasteiger partial charge is 0.325 e. The number of nitrogens with zero attached hydrogens (tertiary/aromatic N) is 5. The Hall–Kier alpha value is -2.79. The molecule has 27 heavy (non-hydrogen) atoms. The highest BCUT2D eigenvalue weighted by Gasteiger charge is 2.14. The zero-order chi connectivity index (χ0) is 19.4. The first-order valence-electron chi connectivity index (χ1n) is 7.66. The third kappa shape index (κ3) is 4.68. The highest BCUT2D eigenvalue weighted by atomic mass is 79.9. The lowest BCUT2D eigenvalue weighted by atomic mass is 10.2. The molecule has 3 aromatic rings. The van der Waals surface area contributed by atoms with Crippen molar-refractivity contribution >= 4 is 45.0 Å². The van der Waals surface area contributed by atoms with Gasteiger partial charge >= 0.3 is 0 Å². The lowest BCUT2D eigenvalue weighted by molar-refractivity contribution is -0.384. The van der Waals surface area contributed by atoms with Crippen molar-refractivity contribution in [1.29, 1.82) is 0 Å². The Labute approximate surface area is 166 Å². The summed E-state index contributed by atoms with van der Waals surface area (Å²) in [7, 11) is 0. The van der Waals surface area contributed by atoms with Crippen LogP contribution in [0.2, 0.25) is 0 Å². The van der Waals surface area contributed by atoms with E-state index < -0.39 is 4.92 Å². The van der Waals surface area contributed by atoms with E-state index >= 15 is 0 Å². The Morgan fingerprint density at radius 1 is 1.30 bits per heavy atom. The van der Waals surface area contributed by atoms with Gasteiger partial charge in [-0.15, -0.1) is 5.10 Å². The van der Waals surface area contributed by atoms with Gasteiger partial charge in [-0.2, -0.15) is 4.68 Å². The standard InChI is InChI=1S/C16H13BrN6O3S/c1-10-2-5-13(23(25)26)8-14(10)18-15(24)9-27-16-19-20-21-22(16)12-6-3-11(17)4-7-12/h2-8H,9H2,1H3,(H,18,24). The third-order valence-corrected chi connectivity index (χ3v) is 5.00. The van der Waals surface area contributed by atoms with E-state index in [-0.39, 0.29) is 17.3 Å². The minimum Gasteiger partial charge on any atom is -0.325 e. The molecule has 0 spiro atoms. The van der Waals surface area contributed by atoms with E-state index in [2.05, 4.69) is 36.8 Å². The Bertz CT molecular complexity index is 992. The summed E-state index contributed by atoms with van der Waals surface area (Å²) in [6.07, 6.45) is 0. The molecule has 0 aliphatic rings. The Kier molecular flexibility index (Phi) is 5.81. The predicted molar refractivity (Wildman–Crippen MR) is 104 cm³/mol. The van der Waals surface area contributed by atoms with E-state index in [0.29, 0.717) is 10.8 Å². The van der Waals surface area contributed by atoms with Crippen molar-refractivity contribution in [3.8, 4) is 5.69 Å². The van der Waals surface area contributed by atoms with E-state index in [4.69, 9.17) is 0 Å². The van der Waals surface area contributed by atoms with Crippen molar-refractivity contribution < 1.29 is 9.72 Å². The molecule has 2 aromatic carbocycles. The van der Waals surface area contributed by atoms with Gasteiger partial charge in [0.1, 0.15) is 0 Å². The second kappa shape index (κ2) is 8.27. The molecule has 0 atom stereocenters. The van der Waals surface area contributed by atoms with Gasteiger partial charge < -0.3 is 5.32 Å². The normalized spacial score (nSPS) is 10.6. The van der Waals surface area contributed by atoms with Crippen LogP contribution < -0.4 is 5.32 Å². The summed E-state index contributed by atoms with van der Waals surface area (Å²) >= 11 is 4.53. The topological polar surface area (TPSA) is 116 Å². The summed E-state index contributed by atoms with van der Waals surface area (Å²) in [5.74, 6) is -0.257. The smallest absolute Gasteiger partial charge is 0.271 e. The number of thioether (sulfide) groups is 1. The molecule has 138 valence electrons. The van der Waals surface area contributed by atoms with Gasteiger partial charge in [0.2, 0.25) is 11.1 Å². The molecule has 11 heteroatoms. The van der Waals surface area contributed by atoms with Crippen LogP contribution >= 0.6 is 27.7 Å². The number of aryl methyl sites for hydroxylation is 1. The molecule has 1 N–H and O–H groups in total. The predicted octanol–water partition coefficient (Wildman–Crippen LogP) is 3.37. The van der Waals surface area contributed by atoms with Crippen LogP contribution in [0.5, 0.6) is 0 Å². The van der Waals surface area contributed by atoms with Crippen LogP contribution in [0.25, 0.3) is 5.69 Å². The number of amides is 1. The third-order valence-electron chi connectivity index (χ3n) is 3.55. The minimum absolute atomic E-state index is 0.0546. The Morgan fingerprint density at radius 3 is 2.74 bits per heavy atom. The minimum atomic E-state index is -0.504. The van der Waals surface area contributed by atoms with Crippen molar-refractivity contribution in [2.75, 3.05) is 11.1 Å². The van der Waals surface area contributed by atoms with Crippen LogP contribution in [-0.4, -0.2) is 36.8 Å². The van der Waals surface area contributed by atoms with Crippen molar-refractivity contribution in [2.45, 2.75) is 12.1 Å². The number of nitro benzene ring substituents is 1. The van der Waals surface area contributed by atoms with Crippen LogP contribution in [0.4, 0.5) is 11.4 Å². The van der Waals surface area contributed by atoms with Crippen LogP contribution in [-0.2, 0) is 4.79 Å². The maximum atomic E-state index is 12.2. The number of halogens is 1. The van der Waals surface area contributed by atoms with Crippen molar-refractivity contribution in [1.82, 2.24) is 20.2 Å². The molecule has 0 saturated carbocycles. The molecule has 1 amide bonds. The highest BCUT2D eigenvalue weighted by Crippen LogP contribution is 2.23. The van der Waals surface area contributed by atoms with E-state index in [9.17, 15) is 14.9 Å². The summed E-state index contributed by atoms with van der Waals surface area (Å²) in [6.45, 7) is 1.76. The molecule has 1 heterocycles. The van der Waals surface area contributed by atoms with Gasteiger partial charge in [-0.3, -0.25) is 14.9 Å². The molecule has 3 rings (SSSR count). The van der Waals surface area contributed by atoms with Gasteiger partial charge in [-0.05, 0) is 47.2 Å². The van der Waals surface area contributed by atoms with E-state index in [0.717, 1.165) is 15.7 Å². The van der Waals surface area contributed by atoms with E-state index in [1.54, 1.807) is 13.0 Å². The molecule has 0 saturated heterocycles. The fraction of sp³-hybridized carbons (Fsp3) is 0.125. The monoisotopic (exact) mass is 448 g/mol. The van der Waals surface area contributed by atoms with Gasteiger partial charge in [0.25, 0.3) is 5.69 Å². The first-order valence-corrected chi connectivity index (χ1v) is 9.44. The second-order valence-corrected chi connectivity index (χ2v) is 7.30. The number of rotatable bonds is 6. The molecular weight excluding hydrogens is 436 g/mol. The first kappa shape index (κ1) is 19.0. The molecule has 9 nitrogen and oxygen atoms in total. The van der Waals surface area contributed by atoms with Crippen molar-refractivity contribution in [3.63, 3.8) is 0 Å². The van der Waals surface area contributed by atoms with Gasteiger partial charge in [-0.25, -0.2) is 0 Å². The number of carbonyl (C=O) groups is 1. The number of aromatic nitrogens is 4. The maximum Gasteiger partial charge on any atom is 0.271 e. The SMILES string of the molecule is Cc1ccc([N+](=O)[O-])cc1NC(=O)CSc1nnnn1-c1ccc(Br)cc1. The zero-order valence-electron chi connectivity index (χ0n) is 14.0. The number of hydrogen-bond donors (Lipinski definition) is 1. The average Bonchev–Trinajstić information content (AvgIpc) is 3.11. The zero-order valence-corrected chi connectivity index (χ0v) is 16.4. The van der Waals surface area contributed by atoms with Crippen LogP contribution in [0.1, 0.15) is 5.56 Å². The van der Waals surface area contributed by atoms with Gasteiger partial charge in [-0.1, -0.05) is 33.8 Å². The van der Waals surface area contributed by atoms with Gasteiger partial charge in [0.15, 0.2) is 0 Å². The summed E-state index contributed by atoms with van der Waals surface area (Å²) in [5.41, 5.74) is 1.82. The quantitative estimate of drug-likeness (QED) is 0.349. The lowest BCUT2D eigenvalue weighted by Crippen LogP contribution is -2.15. The van der Waals surface area contributed by atoms with Crippen LogP contribution in [0.3, 0.4) is 0 Å². The summed E-state index contributed by atoms with van der Waals surface area (Å²) in [4.78, 5) is 22.6. The molecule has 0 aliphatic heterocycles. The molecule has 0 fully saturated rings. The Balaban J connectivity index is 1.67. The molecule has 0 bridgehead atoms. The Morgan fingerprint density at radius 2 is 2.04 bits per heavy atom. The van der Waals surface area contributed by atoms with Gasteiger partial charge in [0.05, 0.1) is 22.1 Å². The average molecular weight is 449 g/mol. The van der Waals surface area contributed by atoms with Gasteiger partial charge in [0, 0.05) is 16.6 Å². The molecule has 1 aromatic heterocycles. The van der Waals surface area contributed by atoms with E-state index in [1.165, 1.54) is 28.6 Å². The van der Waals surface area contributed by atoms with Crippen molar-refractivity contribution in [3.05, 3.63) is 62.6 Å². The maximum absolute atomic E-state index is 12.2. The number of hydrogen-bond acceptors (Lipinski definition) is 7. The number of anilines is 1. The molecule has 0 unspecified atom stereocenters. The van der Waals surface area contributed by atoms with E-state index in [1.807, 2.05) is 24.3 Å². The summed E-state index contributed by atoms with van der Waals surface area (Å²) in [6, 6.07) is 11.7. The molecule has 0 aliphatic carbocycles. The van der Waals surface area contributed by atoms with Crippen molar-refractivity contribution in [2.24, 2.45) is 0 Å².